The molecule has 0 aromatic rings. The minimum absolute atomic E-state index is 0.330. The van der Waals surface area contributed by atoms with Crippen molar-refractivity contribution in [2.45, 2.75) is 38.5 Å². The van der Waals surface area contributed by atoms with Gasteiger partial charge in [-0.1, -0.05) is 19.3 Å². The second-order valence-electron chi connectivity index (χ2n) is 3.92. The molecule has 2 N–H and O–H groups in total. The molecule has 2 heteroatoms. The van der Waals surface area contributed by atoms with Crippen molar-refractivity contribution in [2.24, 2.45) is 11.8 Å². The molecule has 72 valence electrons. The Balaban J connectivity index is 2.20. The third-order valence-corrected chi connectivity index (χ3v) is 2.97. The fraction of sp³-hybridized carbons (Fsp3) is 1.00. The van der Waals surface area contributed by atoms with Gasteiger partial charge in [-0.2, -0.15) is 0 Å². The quantitative estimate of drug-likeness (QED) is 0.675. The van der Waals surface area contributed by atoms with Gasteiger partial charge in [0.25, 0.3) is 0 Å². The SMILES string of the molecule is OCC[C@H]1CCC[C@H](CCO)C1. The van der Waals surface area contributed by atoms with Crippen molar-refractivity contribution >= 4 is 0 Å². The highest BCUT2D eigenvalue weighted by atomic mass is 16.3. The first-order valence-electron chi connectivity index (χ1n) is 5.08. The van der Waals surface area contributed by atoms with E-state index in [1.165, 1.54) is 25.7 Å². The van der Waals surface area contributed by atoms with Gasteiger partial charge in [0.15, 0.2) is 0 Å². The molecular formula is C10H20O2. The van der Waals surface area contributed by atoms with Gasteiger partial charge in [-0.15, -0.1) is 0 Å². The predicted molar refractivity (Wildman–Crippen MR) is 48.9 cm³/mol. The molecule has 12 heavy (non-hydrogen) atoms. The first kappa shape index (κ1) is 10.0. The Bertz CT molecular complexity index is 98.4. The summed E-state index contributed by atoms with van der Waals surface area (Å²) < 4.78 is 0. The van der Waals surface area contributed by atoms with Crippen molar-refractivity contribution in [1.29, 1.82) is 0 Å². The molecule has 2 nitrogen and oxygen atoms in total. The van der Waals surface area contributed by atoms with Crippen LogP contribution >= 0.6 is 0 Å². The van der Waals surface area contributed by atoms with Gasteiger partial charge in [0.2, 0.25) is 0 Å². The van der Waals surface area contributed by atoms with Gasteiger partial charge < -0.3 is 10.2 Å². The van der Waals surface area contributed by atoms with E-state index in [2.05, 4.69) is 0 Å². The van der Waals surface area contributed by atoms with Crippen molar-refractivity contribution in [1.82, 2.24) is 0 Å². The number of rotatable bonds is 4. The van der Waals surface area contributed by atoms with E-state index in [9.17, 15) is 0 Å². The van der Waals surface area contributed by atoms with Crippen LogP contribution in [-0.2, 0) is 0 Å². The molecule has 1 rings (SSSR count). The van der Waals surface area contributed by atoms with E-state index in [0.29, 0.717) is 13.2 Å². The lowest BCUT2D eigenvalue weighted by Crippen LogP contribution is -2.17. The van der Waals surface area contributed by atoms with E-state index in [1.54, 1.807) is 0 Å². The zero-order chi connectivity index (χ0) is 8.81. The van der Waals surface area contributed by atoms with Gasteiger partial charge in [0.1, 0.15) is 0 Å². The molecule has 0 aromatic heterocycles. The normalized spacial score (nSPS) is 30.5. The molecule has 0 saturated heterocycles. The molecular weight excluding hydrogens is 152 g/mol. The molecule has 0 aliphatic heterocycles. The van der Waals surface area contributed by atoms with Crippen molar-refractivity contribution < 1.29 is 10.2 Å². The molecule has 1 aliphatic carbocycles. The van der Waals surface area contributed by atoms with Crippen LogP contribution in [0.2, 0.25) is 0 Å². The van der Waals surface area contributed by atoms with Crippen LogP contribution in [0.5, 0.6) is 0 Å². The Hall–Kier alpha value is -0.0800. The van der Waals surface area contributed by atoms with Crippen LogP contribution in [-0.4, -0.2) is 23.4 Å². The third-order valence-electron chi connectivity index (χ3n) is 2.97. The van der Waals surface area contributed by atoms with Gasteiger partial charge in [-0.25, -0.2) is 0 Å². The molecule has 1 aliphatic rings. The lowest BCUT2D eigenvalue weighted by Gasteiger charge is -2.28. The zero-order valence-corrected chi connectivity index (χ0v) is 7.71. The number of hydrogen-bond donors (Lipinski definition) is 2. The van der Waals surface area contributed by atoms with Crippen molar-refractivity contribution in [3.8, 4) is 0 Å². The van der Waals surface area contributed by atoms with Crippen LogP contribution in [0, 0.1) is 11.8 Å². The maximum Gasteiger partial charge on any atom is 0.0433 e. The summed E-state index contributed by atoms with van der Waals surface area (Å²) >= 11 is 0. The van der Waals surface area contributed by atoms with Crippen LogP contribution in [0.3, 0.4) is 0 Å². The Morgan fingerprint density at radius 1 is 0.917 bits per heavy atom. The minimum atomic E-state index is 0.330. The van der Waals surface area contributed by atoms with Crippen molar-refractivity contribution in [3.63, 3.8) is 0 Å². The lowest BCUT2D eigenvalue weighted by atomic mass is 9.79. The average molecular weight is 172 g/mol. The molecule has 0 heterocycles. The molecule has 0 unspecified atom stereocenters. The Morgan fingerprint density at radius 2 is 1.42 bits per heavy atom. The zero-order valence-electron chi connectivity index (χ0n) is 7.71. The standard InChI is InChI=1S/C10H20O2/c11-6-4-9-2-1-3-10(8-9)5-7-12/h9-12H,1-8H2/t9-,10-/m1/s1. The molecule has 0 aromatic carbocycles. The van der Waals surface area contributed by atoms with Gasteiger partial charge in [0, 0.05) is 13.2 Å². The monoisotopic (exact) mass is 172 g/mol. The van der Waals surface area contributed by atoms with Gasteiger partial charge in [-0.05, 0) is 31.1 Å². The Morgan fingerprint density at radius 3 is 1.83 bits per heavy atom. The maximum absolute atomic E-state index is 8.79. The summed E-state index contributed by atoms with van der Waals surface area (Å²) in [6, 6.07) is 0. The van der Waals surface area contributed by atoms with E-state index in [-0.39, 0.29) is 0 Å². The first-order chi connectivity index (χ1) is 5.86. The third kappa shape index (κ3) is 3.11. The summed E-state index contributed by atoms with van der Waals surface area (Å²) in [7, 11) is 0. The topological polar surface area (TPSA) is 40.5 Å². The number of aliphatic hydroxyl groups is 2. The number of aliphatic hydroxyl groups excluding tert-OH is 2. The highest BCUT2D eigenvalue weighted by Crippen LogP contribution is 2.32. The van der Waals surface area contributed by atoms with E-state index < -0.39 is 0 Å². The van der Waals surface area contributed by atoms with Gasteiger partial charge >= 0.3 is 0 Å². The van der Waals surface area contributed by atoms with E-state index >= 15 is 0 Å². The summed E-state index contributed by atoms with van der Waals surface area (Å²) in [5.74, 6) is 1.44. The second kappa shape index (κ2) is 5.55. The van der Waals surface area contributed by atoms with Gasteiger partial charge in [0.05, 0.1) is 0 Å². The van der Waals surface area contributed by atoms with Crippen molar-refractivity contribution in [3.05, 3.63) is 0 Å². The van der Waals surface area contributed by atoms with Crippen LogP contribution in [0.25, 0.3) is 0 Å². The highest BCUT2D eigenvalue weighted by molar-refractivity contribution is 4.72. The Labute approximate surface area is 74.6 Å². The number of hydrogen-bond acceptors (Lipinski definition) is 2. The summed E-state index contributed by atoms with van der Waals surface area (Å²) in [6.45, 7) is 0.660. The molecule has 0 spiro atoms. The molecule has 0 radical (unpaired) electrons. The molecule has 0 bridgehead atoms. The molecule has 1 saturated carbocycles. The van der Waals surface area contributed by atoms with E-state index in [1.807, 2.05) is 0 Å². The van der Waals surface area contributed by atoms with Crippen molar-refractivity contribution in [2.75, 3.05) is 13.2 Å². The largest absolute Gasteiger partial charge is 0.396 e. The molecule has 2 atom stereocenters. The van der Waals surface area contributed by atoms with Crippen LogP contribution in [0.15, 0.2) is 0 Å². The molecule has 1 fully saturated rings. The van der Waals surface area contributed by atoms with Gasteiger partial charge in [-0.3, -0.25) is 0 Å². The summed E-state index contributed by atoms with van der Waals surface area (Å²) in [5, 5.41) is 17.6. The van der Waals surface area contributed by atoms with E-state index in [0.717, 1.165) is 24.7 Å². The second-order valence-corrected chi connectivity index (χ2v) is 3.92. The van der Waals surface area contributed by atoms with E-state index in [4.69, 9.17) is 10.2 Å². The fourth-order valence-electron chi connectivity index (χ4n) is 2.29. The summed E-state index contributed by atoms with van der Waals surface area (Å²) in [4.78, 5) is 0. The Kier molecular flexibility index (Phi) is 4.62. The lowest BCUT2D eigenvalue weighted by molar-refractivity contribution is 0.173. The van der Waals surface area contributed by atoms with Crippen LogP contribution < -0.4 is 0 Å². The summed E-state index contributed by atoms with van der Waals surface area (Å²) in [5.41, 5.74) is 0. The summed E-state index contributed by atoms with van der Waals surface area (Å²) in [6.07, 6.45) is 6.99. The highest BCUT2D eigenvalue weighted by Gasteiger charge is 2.20. The smallest absolute Gasteiger partial charge is 0.0433 e. The maximum atomic E-state index is 8.79. The van der Waals surface area contributed by atoms with Crippen LogP contribution in [0.4, 0.5) is 0 Å². The van der Waals surface area contributed by atoms with Crippen LogP contribution in [0.1, 0.15) is 38.5 Å². The average Bonchev–Trinajstić information content (AvgIpc) is 2.06. The predicted octanol–water partition coefficient (Wildman–Crippen LogP) is 1.56. The molecule has 0 amide bonds. The minimum Gasteiger partial charge on any atom is -0.396 e. The fourth-order valence-corrected chi connectivity index (χ4v) is 2.29. The first-order valence-corrected chi connectivity index (χ1v) is 5.08.